The Balaban J connectivity index is 2.75. The largest absolute Gasteiger partial charge is 0.493 e. The molecule has 1 aromatic carbocycles. The maximum Gasteiger partial charge on any atom is 0.122 e. The molecule has 1 rings (SSSR count). The van der Waals surface area contributed by atoms with E-state index in [0.29, 0.717) is 0 Å². The number of rotatable bonds is 5. The van der Waals surface area contributed by atoms with E-state index in [2.05, 4.69) is 43.9 Å². The molecule has 0 heterocycles. The average Bonchev–Trinajstić information content (AvgIpc) is 2.28. The average molecular weight is 216 g/mol. The van der Waals surface area contributed by atoms with Gasteiger partial charge in [0, 0.05) is 6.42 Å². The van der Waals surface area contributed by atoms with Crippen molar-refractivity contribution in [3.63, 3.8) is 0 Å². The van der Waals surface area contributed by atoms with E-state index in [1.165, 1.54) is 11.1 Å². The molecule has 0 aliphatic heterocycles. The van der Waals surface area contributed by atoms with Crippen molar-refractivity contribution in [1.82, 2.24) is 0 Å². The minimum absolute atomic E-state index is 0.787. The zero-order valence-electron chi connectivity index (χ0n) is 10.5. The summed E-state index contributed by atoms with van der Waals surface area (Å²) in [4.78, 5) is 0. The second kappa shape index (κ2) is 6.95. The molecule has 0 saturated heterocycles. The van der Waals surface area contributed by atoms with Gasteiger partial charge in [0.25, 0.3) is 0 Å². The van der Waals surface area contributed by atoms with Crippen molar-refractivity contribution in [3.05, 3.63) is 29.3 Å². The van der Waals surface area contributed by atoms with Crippen LogP contribution in [-0.4, -0.2) is 6.61 Å². The predicted molar refractivity (Wildman–Crippen MR) is 68.7 cm³/mol. The normalized spacial score (nSPS) is 9.44. The Bertz CT molecular complexity index is 382. The Morgan fingerprint density at radius 3 is 2.81 bits per heavy atom. The highest BCUT2D eigenvalue weighted by Crippen LogP contribution is 2.21. The van der Waals surface area contributed by atoms with Crippen molar-refractivity contribution >= 4 is 0 Å². The van der Waals surface area contributed by atoms with Gasteiger partial charge in [-0.25, -0.2) is 0 Å². The van der Waals surface area contributed by atoms with E-state index >= 15 is 0 Å². The molecule has 0 spiro atoms. The molecular formula is C15H20O. The van der Waals surface area contributed by atoms with E-state index in [9.17, 15) is 0 Å². The molecule has 0 radical (unpaired) electrons. The summed E-state index contributed by atoms with van der Waals surface area (Å²) in [6, 6.07) is 6.36. The first-order valence-corrected chi connectivity index (χ1v) is 5.90. The van der Waals surface area contributed by atoms with Crippen molar-refractivity contribution in [2.24, 2.45) is 0 Å². The summed E-state index contributed by atoms with van der Waals surface area (Å²) in [5.74, 6) is 7.04. The van der Waals surface area contributed by atoms with E-state index in [1.54, 1.807) is 0 Å². The molecule has 0 N–H and O–H groups in total. The van der Waals surface area contributed by atoms with Crippen LogP contribution in [0.15, 0.2) is 18.2 Å². The van der Waals surface area contributed by atoms with Gasteiger partial charge in [-0.05, 0) is 38.3 Å². The molecule has 86 valence electrons. The molecular weight excluding hydrogens is 196 g/mol. The Labute approximate surface area is 98.8 Å². The summed E-state index contributed by atoms with van der Waals surface area (Å²) in [7, 11) is 0. The summed E-state index contributed by atoms with van der Waals surface area (Å²) >= 11 is 0. The predicted octanol–water partition coefficient (Wildman–Crippen LogP) is 3.74. The fourth-order valence-electron chi connectivity index (χ4n) is 1.58. The van der Waals surface area contributed by atoms with E-state index in [0.717, 1.165) is 31.6 Å². The molecule has 0 unspecified atom stereocenters. The van der Waals surface area contributed by atoms with Gasteiger partial charge in [-0.15, -0.1) is 11.8 Å². The van der Waals surface area contributed by atoms with Crippen LogP contribution in [0.2, 0.25) is 0 Å². The number of hydrogen-bond acceptors (Lipinski definition) is 1. The fraction of sp³-hybridized carbons (Fsp3) is 0.467. The van der Waals surface area contributed by atoms with Gasteiger partial charge in [0.1, 0.15) is 5.75 Å². The quantitative estimate of drug-likeness (QED) is 0.681. The number of hydrogen-bond donors (Lipinski definition) is 0. The Morgan fingerprint density at radius 2 is 2.12 bits per heavy atom. The molecule has 0 aromatic heterocycles. The van der Waals surface area contributed by atoms with Gasteiger partial charge in [-0.3, -0.25) is 0 Å². The summed E-state index contributed by atoms with van der Waals surface area (Å²) in [6.07, 6.45) is 2.92. The highest BCUT2D eigenvalue weighted by atomic mass is 16.5. The summed E-state index contributed by atoms with van der Waals surface area (Å²) in [6.45, 7) is 6.90. The zero-order valence-corrected chi connectivity index (χ0v) is 10.5. The van der Waals surface area contributed by atoms with Crippen LogP contribution in [-0.2, 0) is 6.42 Å². The first-order chi connectivity index (χ1) is 7.77. The maximum atomic E-state index is 5.72. The van der Waals surface area contributed by atoms with E-state index in [-0.39, 0.29) is 0 Å². The third kappa shape index (κ3) is 3.98. The lowest BCUT2D eigenvalue weighted by Crippen LogP contribution is -1.99. The summed E-state index contributed by atoms with van der Waals surface area (Å²) < 4.78 is 5.72. The monoisotopic (exact) mass is 216 g/mol. The van der Waals surface area contributed by atoms with Crippen LogP contribution in [0, 0.1) is 18.8 Å². The van der Waals surface area contributed by atoms with Crippen LogP contribution in [0.1, 0.15) is 37.8 Å². The van der Waals surface area contributed by atoms with Crippen molar-refractivity contribution in [3.8, 4) is 17.6 Å². The number of benzene rings is 1. The second-order valence-corrected chi connectivity index (χ2v) is 3.89. The third-order valence-corrected chi connectivity index (χ3v) is 2.37. The van der Waals surface area contributed by atoms with E-state index in [4.69, 9.17) is 4.74 Å². The van der Waals surface area contributed by atoms with Crippen molar-refractivity contribution in [1.29, 1.82) is 0 Å². The van der Waals surface area contributed by atoms with Gasteiger partial charge in [-0.1, -0.05) is 24.6 Å². The molecule has 0 atom stereocenters. The van der Waals surface area contributed by atoms with Gasteiger partial charge in [-0.2, -0.15) is 0 Å². The van der Waals surface area contributed by atoms with Gasteiger partial charge < -0.3 is 4.74 Å². The van der Waals surface area contributed by atoms with Crippen molar-refractivity contribution in [2.45, 2.75) is 40.0 Å². The molecule has 16 heavy (non-hydrogen) atoms. The van der Waals surface area contributed by atoms with Gasteiger partial charge >= 0.3 is 0 Å². The molecule has 0 amide bonds. The highest BCUT2D eigenvalue weighted by molar-refractivity contribution is 5.37. The summed E-state index contributed by atoms with van der Waals surface area (Å²) in [5, 5.41) is 0. The van der Waals surface area contributed by atoms with Gasteiger partial charge in [0.15, 0.2) is 0 Å². The smallest absolute Gasteiger partial charge is 0.122 e. The minimum Gasteiger partial charge on any atom is -0.493 e. The molecule has 1 heteroatoms. The van der Waals surface area contributed by atoms with Gasteiger partial charge in [0.05, 0.1) is 6.61 Å². The lowest BCUT2D eigenvalue weighted by molar-refractivity contribution is 0.314. The van der Waals surface area contributed by atoms with Crippen LogP contribution in [0.25, 0.3) is 0 Å². The van der Waals surface area contributed by atoms with Crippen LogP contribution >= 0.6 is 0 Å². The van der Waals surface area contributed by atoms with E-state index < -0.39 is 0 Å². The number of ether oxygens (including phenoxy) is 1. The van der Waals surface area contributed by atoms with Crippen molar-refractivity contribution in [2.75, 3.05) is 6.61 Å². The maximum absolute atomic E-state index is 5.72. The molecule has 1 aromatic rings. The third-order valence-electron chi connectivity index (χ3n) is 2.37. The number of aryl methyl sites for hydroxylation is 2. The van der Waals surface area contributed by atoms with Crippen LogP contribution in [0.4, 0.5) is 0 Å². The standard InChI is InChI=1S/C15H20O/c1-4-6-7-8-14-12-13(3)9-10-15(14)16-11-5-2/h9-10,12H,5,7-8,11H2,1-3H3. The molecule has 0 aliphatic rings. The molecule has 0 bridgehead atoms. The lowest BCUT2D eigenvalue weighted by atomic mass is 10.1. The van der Waals surface area contributed by atoms with Crippen LogP contribution < -0.4 is 4.74 Å². The zero-order chi connectivity index (χ0) is 11.8. The van der Waals surface area contributed by atoms with Crippen LogP contribution in [0.5, 0.6) is 5.75 Å². The molecule has 0 aliphatic carbocycles. The van der Waals surface area contributed by atoms with Gasteiger partial charge in [0.2, 0.25) is 0 Å². The molecule has 1 nitrogen and oxygen atoms in total. The van der Waals surface area contributed by atoms with E-state index in [1.807, 2.05) is 6.92 Å². The highest BCUT2D eigenvalue weighted by Gasteiger charge is 2.03. The Kier molecular flexibility index (Phi) is 5.50. The Morgan fingerprint density at radius 1 is 1.31 bits per heavy atom. The first-order valence-electron chi connectivity index (χ1n) is 5.90. The Hall–Kier alpha value is -1.42. The lowest BCUT2D eigenvalue weighted by Gasteiger charge is -2.10. The second-order valence-electron chi connectivity index (χ2n) is 3.89. The minimum atomic E-state index is 0.787. The fourth-order valence-corrected chi connectivity index (χ4v) is 1.58. The topological polar surface area (TPSA) is 9.23 Å². The van der Waals surface area contributed by atoms with Crippen LogP contribution in [0.3, 0.4) is 0 Å². The molecule has 0 saturated carbocycles. The van der Waals surface area contributed by atoms with Crippen molar-refractivity contribution < 1.29 is 4.74 Å². The SMILES string of the molecule is CC#CCCc1cc(C)ccc1OCCC. The molecule has 0 fully saturated rings. The first kappa shape index (κ1) is 12.6. The summed E-state index contributed by atoms with van der Waals surface area (Å²) in [5.41, 5.74) is 2.56.